The third-order valence-electron chi connectivity index (χ3n) is 4.19. The van der Waals surface area contributed by atoms with Gasteiger partial charge in [-0.1, -0.05) is 42.5 Å². The van der Waals surface area contributed by atoms with Crippen molar-refractivity contribution in [3.05, 3.63) is 77.6 Å². The fourth-order valence-corrected chi connectivity index (χ4v) is 2.95. The van der Waals surface area contributed by atoms with Gasteiger partial charge >= 0.3 is 5.97 Å². The summed E-state index contributed by atoms with van der Waals surface area (Å²) in [5, 5.41) is 10.8. The highest BCUT2D eigenvalue weighted by molar-refractivity contribution is 5.98. The number of benzene rings is 3. The van der Waals surface area contributed by atoms with Crippen LogP contribution in [0, 0.1) is 6.57 Å². The van der Waals surface area contributed by atoms with E-state index in [-0.39, 0.29) is 6.42 Å². The van der Waals surface area contributed by atoms with Crippen LogP contribution < -0.4 is 4.74 Å². The molecule has 3 rings (SSSR count). The van der Waals surface area contributed by atoms with Gasteiger partial charge in [0.2, 0.25) is 0 Å². The molecule has 3 aromatic rings. The first-order valence-corrected chi connectivity index (χ1v) is 8.62. The standard InChI is InChI=1S/C22H19NO4/c1-3-26-21(14-22(24)25)15-8-10-16(11-9-15)27-20-13-12-19(23-2)17-6-4-5-7-18(17)20/h4-13,21H,3,14H2,1H3,(H,24,25). The molecule has 0 heterocycles. The lowest BCUT2D eigenvalue weighted by Gasteiger charge is -2.16. The molecule has 1 atom stereocenters. The predicted molar refractivity (Wildman–Crippen MR) is 103 cm³/mol. The van der Waals surface area contributed by atoms with Crippen molar-refractivity contribution < 1.29 is 19.4 Å². The predicted octanol–water partition coefficient (Wildman–Crippen LogP) is 5.74. The number of hydrogen-bond acceptors (Lipinski definition) is 3. The highest BCUT2D eigenvalue weighted by Gasteiger charge is 2.16. The Balaban J connectivity index is 1.86. The number of nitrogens with zero attached hydrogens (tertiary/aromatic N) is 1. The molecule has 0 radical (unpaired) electrons. The Kier molecular flexibility index (Phi) is 5.70. The third kappa shape index (κ3) is 4.25. The van der Waals surface area contributed by atoms with Crippen LogP contribution in [0.15, 0.2) is 60.7 Å². The number of fused-ring (bicyclic) bond motifs is 1. The van der Waals surface area contributed by atoms with E-state index in [0.717, 1.165) is 16.3 Å². The Labute approximate surface area is 157 Å². The lowest BCUT2D eigenvalue weighted by atomic mass is 10.1. The monoisotopic (exact) mass is 361 g/mol. The summed E-state index contributed by atoms with van der Waals surface area (Å²) in [5.74, 6) is 0.392. The molecule has 0 saturated carbocycles. The molecular weight excluding hydrogens is 342 g/mol. The maximum absolute atomic E-state index is 11.0. The summed E-state index contributed by atoms with van der Waals surface area (Å²) in [5.41, 5.74) is 1.38. The molecule has 0 fully saturated rings. The van der Waals surface area contributed by atoms with E-state index in [0.29, 0.717) is 23.8 Å². The summed E-state index contributed by atoms with van der Waals surface area (Å²) in [7, 11) is 0. The van der Waals surface area contributed by atoms with Crippen LogP contribution in [0.3, 0.4) is 0 Å². The van der Waals surface area contributed by atoms with E-state index in [1.807, 2.05) is 43.3 Å². The largest absolute Gasteiger partial charge is 0.481 e. The van der Waals surface area contributed by atoms with Gasteiger partial charge in [-0.15, -0.1) is 0 Å². The van der Waals surface area contributed by atoms with Gasteiger partial charge in [0, 0.05) is 12.0 Å². The lowest BCUT2D eigenvalue weighted by Crippen LogP contribution is -2.10. The van der Waals surface area contributed by atoms with Gasteiger partial charge in [0.15, 0.2) is 5.69 Å². The van der Waals surface area contributed by atoms with E-state index < -0.39 is 12.1 Å². The van der Waals surface area contributed by atoms with Crippen LogP contribution >= 0.6 is 0 Å². The van der Waals surface area contributed by atoms with Gasteiger partial charge in [0.1, 0.15) is 11.5 Å². The first-order valence-electron chi connectivity index (χ1n) is 8.62. The minimum atomic E-state index is -0.903. The zero-order chi connectivity index (χ0) is 19.2. The van der Waals surface area contributed by atoms with Crippen molar-refractivity contribution in [3.63, 3.8) is 0 Å². The highest BCUT2D eigenvalue weighted by atomic mass is 16.5. The van der Waals surface area contributed by atoms with Gasteiger partial charge < -0.3 is 14.6 Å². The van der Waals surface area contributed by atoms with E-state index in [4.69, 9.17) is 21.2 Å². The lowest BCUT2D eigenvalue weighted by molar-refractivity contribution is -0.140. The minimum absolute atomic E-state index is 0.0865. The Morgan fingerprint density at radius 1 is 1.07 bits per heavy atom. The number of hydrogen-bond donors (Lipinski definition) is 1. The summed E-state index contributed by atoms with van der Waals surface area (Å²) in [4.78, 5) is 14.6. The summed E-state index contributed by atoms with van der Waals surface area (Å²) in [6, 6.07) is 18.4. The quantitative estimate of drug-likeness (QED) is 0.546. The number of aliphatic carboxylic acids is 1. The number of ether oxygens (including phenoxy) is 2. The van der Waals surface area contributed by atoms with E-state index in [9.17, 15) is 4.79 Å². The normalized spacial score (nSPS) is 11.7. The van der Waals surface area contributed by atoms with Crippen molar-refractivity contribution in [2.45, 2.75) is 19.4 Å². The van der Waals surface area contributed by atoms with Crippen LogP contribution in [0.1, 0.15) is 25.0 Å². The van der Waals surface area contributed by atoms with Gasteiger partial charge in [-0.3, -0.25) is 4.79 Å². The molecule has 0 aliphatic heterocycles. The van der Waals surface area contributed by atoms with Crippen molar-refractivity contribution in [2.75, 3.05) is 6.61 Å². The van der Waals surface area contributed by atoms with Gasteiger partial charge in [0.25, 0.3) is 0 Å². The average molecular weight is 361 g/mol. The molecule has 0 aliphatic carbocycles. The second-order valence-corrected chi connectivity index (χ2v) is 5.95. The van der Waals surface area contributed by atoms with E-state index >= 15 is 0 Å². The zero-order valence-electron chi connectivity index (χ0n) is 14.9. The van der Waals surface area contributed by atoms with E-state index in [1.54, 1.807) is 24.3 Å². The summed E-state index contributed by atoms with van der Waals surface area (Å²) in [6.07, 6.45) is -0.572. The van der Waals surface area contributed by atoms with Crippen molar-refractivity contribution in [2.24, 2.45) is 0 Å². The molecule has 0 bridgehead atoms. The van der Waals surface area contributed by atoms with Crippen molar-refractivity contribution >= 4 is 22.4 Å². The second-order valence-electron chi connectivity index (χ2n) is 5.95. The fourth-order valence-electron chi connectivity index (χ4n) is 2.95. The van der Waals surface area contributed by atoms with Crippen LogP contribution in [0.4, 0.5) is 5.69 Å². The van der Waals surface area contributed by atoms with Gasteiger partial charge in [-0.2, -0.15) is 0 Å². The first kappa shape index (κ1) is 18.4. The molecule has 0 spiro atoms. The zero-order valence-corrected chi connectivity index (χ0v) is 14.9. The van der Waals surface area contributed by atoms with Gasteiger partial charge in [0.05, 0.1) is 19.1 Å². The smallest absolute Gasteiger partial charge is 0.306 e. The highest BCUT2D eigenvalue weighted by Crippen LogP contribution is 2.36. The molecule has 0 amide bonds. The molecule has 0 aromatic heterocycles. The fraction of sp³-hybridized carbons (Fsp3) is 0.182. The molecule has 1 N–H and O–H groups in total. The minimum Gasteiger partial charge on any atom is -0.481 e. The maximum atomic E-state index is 11.0. The molecule has 1 unspecified atom stereocenters. The molecule has 3 aromatic carbocycles. The Bertz CT molecular complexity index is 989. The Morgan fingerprint density at radius 3 is 2.41 bits per heavy atom. The molecule has 27 heavy (non-hydrogen) atoms. The average Bonchev–Trinajstić information content (AvgIpc) is 2.68. The van der Waals surface area contributed by atoms with Crippen LogP contribution in [0.25, 0.3) is 15.6 Å². The van der Waals surface area contributed by atoms with Crippen molar-refractivity contribution in [1.82, 2.24) is 0 Å². The van der Waals surface area contributed by atoms with Crippen LogP contribution in [0.5, 0.6) is 11.5 Å². The topological polar surface area (TPSA) is 60.1 Å². The Hall–Kier alpha value is -3.36. The van der Waals surface area contributed by atoms with Crippen LogP contribution in [0.2, 0.25) is 0 Å². The van der Waals surface area contributed by atoms with E-state index in [2.05, 4.69) is 4.85 Å². The molecule has 5 nitrogen and oxygen atoms in total. The van der Waals surface area contributed by atoms with Gasteiger partial charge in [-0.25, -0.2) is 4.85 Å². The number of carboxylic acids is 1. The van der Waals surface area contributed by atoms with Crippen molar-refractivity contribution in [1.29, 1.82) is 0 Å². The van der Waals surface area contributed by atoms with Crippen LogP contribution in [-0.2, 0) is 9.53 Å². The van der Waals surface area contributed by atoms with Crippen LogP contribution in [-0.4, -0.2) is 17.7 Å². The number of carboxylic acid groups (broad SMARTS) is 1. The number of rotatable bonds is 7. The molecule has 0 aliphatic rings. The third-order valence-corrected chi connectivity index (χ3v) is 4.19. The summed E-state index contributed by atoms with van der Waals surface area (Å²) in [6.45, 7) is 9.57. The van der Waals surface area contributed by atoms with Crippen molar-refractivity contribution in [3.8, 4) is 11.5 Å². The molecule has 0 saturated heterocycles. The second kappa shape index (κ2) is 8.35. The van der Waals surface area contributed by atoms with E-state index in [1.165, 1.54) is 0 Å². The summed E-state index contributed by atoms with van der Waals surface area (Å²) < 4.78 is 11.5. The SMILES string of the molecule is [C-]#[N+]c1ccc(Oc2ccc(C(CC(=O)O)OCC)cc2)c2ccccc12. The molecule has 5 heteroatoms. The molecular formula is C22H19NO4. The molecule has 136 valence electrons. The number of carbonyl (C=O) groups is 1. The summed E-state index contributed by atoms with van der Waals surface area (Å²) >= 11 is 0. The maximum Gasteiger partial charge on any atom is 0.306 e. The Morgan fingerprint density at radius 2 is 1.78 bits per heavy atom. The first-order chi connectivity index (χ1) is 13.1. The van der Waals surface area contributed by atoms with Gasteiger partial charge in [-0.05, 0) is 36.1 Å².